The Balaban J connectivity index is 2.80. The lowest BCUT2D eigenvalue weighted by molar-refractivity contribution is 0.0372. The van der Waals surface area contributed by atoms with E-state index >= 15 is 0 Å². The fourth-order valence-corrected chi connectivity index (χ4v) is 3.45. The van der Waals surface area contributed by atoms with E-state index in [4.69, 9.17) is 69.6 Å². The minimum Gasteiger partial charge on any atom is -0.394 e. The molecule has 0 bridgehead atoms. The second kappa shape index (κ2) is 13.8. The van der Waals surface area contributed by atoms with E-state index in [1.54, 1.807) is 0 Å². The van der Waals surface area contributed by atoms with E-state index in [1.165, 1.54) is 0 Å². The molecule has 0 aliphatic heterocycles. The summed E-state index contributed by atoms with van der Waals surface area (Å²) in [6, 6.07) is 3.36. The maximum Gasteiger partial charge on any atom is 0.251 e. The van der Waals surface area contributed by atoms with Crippen LogP contribution in [0.3, 0.4) is 0 Å². The van der Waals surface area contributed by atoms with Crippen LogP contribution in [-0.2, 0) is 7.59 Å². The quantitative estimate of drug-likeness (QED) is 0.148. The van der Waals surface area contributed by atoms with E-state index < -0.39 is 81.8 Å². The second-order valence-electron chi connectivity index (χ2n) is 8.52. The molecular weight excluding hydrogens is 663 g/mol. The lowest BCUT2D eigenvalue weighted by Crippen LogP contribution is -2.57. The standard InChI is InChI=1S/C21H23Cl6N5O8/c22-20(23,24)16-28-13(29-17(30-16)21(25,26)27)10-1-11(14(39)31-18(4-33,5-34)6-35)3-12(2-10)15(40)32-19(7-36,8-37)9-38/h1-3,33-38H,4-9H2,(H,31,39)(H,32,40). The summed E-state index contributed by atoms with van der Waals surface area (Å²) in [7, 11) is 0. The van der Waals surface area contributed by atoms with Crippen molar-refractivity contribution in [3.8, 4) is 11.4 Å². The zero-order valence-corrected chi connectivity index (χ0v) is 24.6. The molecule has 1 aromatic carbocycles. The molecule has 222 valence electrons. The molecule has 0 atom stereocenters. The van der Waals surface area contributed by atoms with Gasteiger partial charge in [0.2, 0.25) is 7.59 Å². The largest absolute Gasteiger partial charge is 0.394 e. The Morgan fingerprint density at radius 3 is 1.20 bits per heavy atom. The molecule has 1 aromatic heterocycles. The molecule has 40 heavy (non-hydrogen) atoms. The summed E-state index contributed by atoms with van der Waals surface area (Å²) in [5, 5.41) is 62.1. The molecule has 19 heteroatoms. The van der Waals surface area contributed by atoms with E-state index in [2.05, 4.69) is 25.6 Å². The number of benzene rings is 1. The van der Waals surface area contributed by atoms with E-state index in [9.17, 15) is 40.2 Å². The topological polar surface area (TPSA) is 218 Å². The Bertz CT molecular complexity index is 1120. The normalized spacial score (nSPS) is 12.8. The van der Waals surface area contributed by atoms with Crippen LogP contribution in [0.25, 0.3) is 11.4 Å². The Morgan fingerprint density at radius 1 is 0.600 bits per heavy atom. The highest BCUT2D eigenvalue weighted by Gasteiger charge is 2.36. The van der Waals surface area contributed by atoms with Crippen LogP contribution in [-0.4, -0.2) is 108 Å². The summed E-state index contributed by atoms with van der Waals surface area (Å²) < 4.78 is -4.47. The van der Waals surface area contributed by atoms with Crippen molar-refractivity contribution in [2.24, 2.45) is 0 Å². The monoisotopic (exact) mass is 683 g/mol. The van der Waals surface area contributed by atoms with Gasteiger partial charge in [-0.2, -0.15) is 0 Å². The number of carbonyl (C=O) groups excluding carboxylic acids is 2. The summed E-state index contributed by atoms with van der Waals surface area (Å²) in [5.74, 6) is -3.27. The van der Waals surface area contributed by atoms with E-state index in [1.807, 2.05) is 0 Å². The van der Waals surface area contributed by atoms with Crippen molar-refractivity contribution in [1.82, 2.24) is 25.6 Å². The number of halogens is 6. The van der Waals surface area contributed by atoms with Gasteiger partial charge in [0.25, 0.3) is 11.8 Å². The lowest BCUT2D eigenvalue weighted by Gasteiger charge is -2.29. The summed E-state index contributed by atoms with van der Waals surface area (Å²) in [6.45, 7) is -5.10. The number of alkyl halides is 6. The molecule has 0 aliphatic rings. The maximum absolute atomic E-state index is 13.1. The maximum atomic E-state index is 13.1. The first-order chi connectivity index (χ1) is 18.5. The Labute approximate surface area is 257 Å². The molecule has 1 heterocycles. The average molecular weight is 686 g/mol. The highest BCUT2D eigenvalue weighted by Crippen LogP contribution is 2.40. The van der Waals surface area contributed by atoms with Gasteiger partial charge in [0, 0.05) is 16.7 Å². The predicted molar refractivity (Wildman–Crippen MR) is 147 cm³/mol. The van der Waals surface area contributed by atoms with E-state index in [-0.39, 0.29) is 22.5 Å². The highest BCUT2D eigenvalue weighted by molar-refractivity contribution is 6.67. The third-order valence-electron chi connectivity index (χ3n) is 5.43. The van der Waals surface area contributed by atoms with Gasteiger partial charge in [-0.1, -0.05) is 69.6 Å². The Morgan fingerprint density at radius 2 is 0.925 bits per heavy atom. The number of carbonyl (C=O) groups is 2. The van der Waals surface area contributed by atoms with Gasteiger partial charge in [-0.15, -0.1) is 0 Å². The number of nitrogens with one attached hydrogen (secondary N) is 2. The van der Waals surface area contributed by atoms with Crippen LogP contribution >= 0.6 is 69.6 Å². The zero-order valence-electron chi connectivity index (χ0n) is 20.1. The average Bonchev–Trinajstić information content (AvgIpc) is 2.93. The highest BCUT2D eigenvalue weighted by atomic mass is 35.6. The van der Waals surface area contributed by atoms with Crippen LogP contribution in [0, 0.1) is 0 Å². The Kier molecular flexibility index (Phi) is 12.0. The zero-order chi connectivity index (χ0) is 30.5. The number of hydrogen-bond donors (Lipinski definition) is 8. The van der Waals surface area contributed by atoms with Gasteiger partial charge in [0.15, 0.2) is 17.5 Å². The third-order valence-corrected chi connectivity index (χ3v) is 6.45. The fourth-order valence-electron chi connectivity index (χ4n) is 2.94. The third kappa shape index (κ3) is 8.37. The number of amides is 2. The van der Waals surface area contributed by atoms with Crippen molar-refractivity contribution in [1.29, 1.82) is 0 Å². The van der Waals surface area contributed by atoms with Crippen LogP contribution in [0.5, 0.6) is 0 Å². The van der Waals surface area contributed by atoms with Crippen molar-refractivity contribution < 1.29 is 40.2 Å². The molecule has 13 nitrogen and oxygen atoms in total. The molecule has 0 spiro atoms. The summed E-state index contributed by atoms with van der Waals surface area (Å²) in [5.41, 5.74) is -4.37. The SMILES string of the molecule is O=C(NC(CO)(CO)CO)c1cc(C(=O)NC(CO)(CO)CO)cc(-c2nc(C(Cl)(Cl)Cl)nc(C(Cl)(Cl)Cl)n2)c1. The molecule has 0 aliphatic carbocycles. The van der Waals surface area contributed by atoms with Crippen molar-refractivity contribution in [2.75, 3.05) is 39.6 Å². The number of aliphatic hydroxyl groups is 6. The lowest BCUT2D eigenvalue weighted by atomic mass is 9.99. The molecule has 2 aromatic rings. The van der Waals surface area contributed by atoms with Gasteiger partial charge in [-0.25, -0.2) is 15.0 Å². The second-order valence-corrected chi connectivity index (χ2v) is 13.1. The van der Waals surface area contributed by atoms with Crippen molar-refractivity contribution in [3.63, 3.8) is 0 Å². The van der Waals surface area contributed by atoms with Crippen molar-refractivity contribution in [2.45, 2.75) is 18.7 Å². The van der Waals surface area contributed by atoms with Gasteiger partial charge in [0.1, 0.15) is 11.1 Å². The number of hydrogen-bond acceptors (Lipinski definition) is 11. The van der Waals surface area contributed by atoms with Gasteiger partial charge in [-0.3, -0.25) is 9.59 Å². The number of aromatic nitrogens is 3. The van der Waals surface area contributed by atoms with Crippen molar-refractivity contribution in [3.05, 3.63) is 41.0 Å². The molecular formula is C21H23Cl6N5O8. The van der Waals surface area contributed by atoms with Crippen LogP contribution in [0.1, 0.15) is 32.4 Å². The molecule has 2 amide bonds. The predicted octanol–water partition coefficient (Wildman–Crippen LogP) is 0.0830. The van der Waals surface area contributed by atoms with Gasteiger partial charge in [-0.05, 0) is 18.2 Å². The van der Waals surface area contributed by atoms with Crippen LogP contribution in [0.2, 0.25) is 0 Å². The van der Waals surface area contributed by atoms with Gasteiger partial charge < -0.3 is 41.3 Å². The summed E-state index contributed by atoms with van der Waals surface area (Å²) in [4.78, 5) is 38.2. The molecule has 8 N–H and O–H groups in total. The van der Waals surface area contributed by atoms with Gasteiger partial charge in [0.05, 0.1) is 39.6 Å². The van der Waals surface area contributed by atoms with Gasteiger partial charge >= 0.3 is 0 Å². The summed E-state index contributed by atoms with van der Waals surface area (Å²) >= 11 is 35.5. The number of rotatable bonds is 11. The molecule has 0 unspecified atom stereocenters. The van der Waals surface area contributed by atoms with Crippen LogP contribution in [0.4, 0.5) is 0 Å². The number of aliphatic hydroxyl groups excluding tert-OH is 6. The molecule has 0 saturated heterocycles. The first-order valence-corrected chi connectivity index (χ1v) is 13.2. The first kappa shape index (κ1) is 34.9. The van der Waals surface area contributed by atoms with Crippen LogP contribution in [0.15, 0.2) is 18.2 Å². The minimum atomic E-state index is -2.23. The molecule has 0 fully saturated rings. The van der Waals surface area contributed by atoms with Crippen LogP contribution < -0.4 is 10.6 Å². The van der Waals surface area contributed by atoms with E-state index in [0.29, 0.717) is 0 Å². The summed E-state index contributed by atoms with van der Waals surface area (Å²) in [6.07, 6.45) is 0. The molecule has 0 saturated carbocycles. The first-order valence-electron chi connectivity index (χ1n) is 10.9. The minimum absolute atomic E-state index is 0.101. The molecule has 2 rings (SSSR count). The fraction of sp³-hybridized carbons (Fsp3) is 0.476. The molecule has 0 radical (unpaired) electrons. The van der Waals surface area contributed by atoms with E-state index in [0.717, 1.165) is 18.2 Å². The Hall–Kier alpha value is -1.33. The number of nitrogens with zero attached hydrogens (tertiary/aromatic N) is 3. The van der Waals surface area contributed by atoms with Crippen molar-refractivity contribution >= 4 is 81.4 Å². The smallest absolute Gasteiger partial charge is 0.251 e.